The van der Waals surface area contributed by atoms with Crippen molar-refractivity contribution in [2.75, 3.05) is 13.2 Å². The number of hydrogen-bond acceptors (Lipinski definition) is 3. The SMILES string of the molecule is C=C(C)COOCC(O)CCC(C)(C)CC. The summed E-state index contributed by atoms with van der Waals surface area (Å²) in [4.78, 5) is 9.76. The van der Waals surface area contributed by atoms with Gasteiger partial charge in [0, 0.05) is 0 Å². The zero-order valence-electron chi connectivity index (χ0n) is 11.1. The van der Waals surface area contributed by atoms with Crippen LogP contribution in [0.5, 0.6) is 0 Å². The first kappa shape index (κ1) is 15.6. The molecule has 0 spiro atoms. The highest BCUT2D eigenvalue weighted by molar-refractivity contribution is 4.86. The Morgan fingerprint density at radius 2 is 2.00 bits per heavy atom. The lowest BCUT2D eigenvalue weighted by atomic mass is 9.84. The van der Waals surface area contributed by atoms with Crippen molar-refractivity contribution in [2.45, 2.75) is 53.1 Å². The van der Waals surface area contributed by atoms with Crippen molar-refractivity contribution < 1.29 is 14.9 Å². The minimum atomic E-state index is -0.448. The van der Waals surface area contributed by atoms with E-state index in [0.717, 1.165) is 24.8 Å². The largest absolute Gasteiger partial charge is 0.391 e. The van der Waals surface area contributed by atoms with E-state index in [1.165, 1.54) is 0 Å². The third-order valence-corrected chi connectivity index (χ3v) is 2.76. The van der Waals surface area contributed by atoms with Crippen LogP contribution < -0.4 is 0 Å². The molecule has 0 aliphatic carbocycles. The maximum atomic E-state index is 9.65. The number of rotatable bonds is 9. The summed E-state index contributed by atoms with van der Waals surface area (Å²) < 4.78 is 0. The Morgan fingerprint density at radius 1 is 1.38 bits per heavy atom. The zero-order chi connectivity index (χ0) is 12.6. The van der Waals surface area contributed by atoms with E-state index in [0.29, 0.717) is 12.0 Å². The molecule has 0 aliphatic rings. The second-order valence-electron chi connectivity index (χ2n) is 5.21. The van der Waals surface area contributed by atoms with Gasteiger partial charge in [0.1, 0.15) is 13.2 Å². The summed E-state index contributed by atoms with van der Waals surface area (Å²) in [6.07, 6.45) is 2.41. The molecule has 0 radical (unpaired) electrons. The molecule has 0 saturated carbocycles. The van der Waals surface area contributed by atoms with Crippen molar-refractivity contribution in [1.82, 2.24) is 0 Å². The van der Waals surface area contributed by atoms with E-state index in [-0.39, 0.29) is 6.61 Å². The molecule has 1 N–H and O–H groups in total. The quantitative estimate of drug-likeness (QED) is 0.286. The molecule has 0 aromatic heterocycles. The lowest BCUT2D eigenvalue weighted by Gasteiger charge is -2.23. The minimum Gasteiger partial charge on any atom is -0.391 e. The summed E-state index contributed by atoms with van der Waals surface area (Å²) in [5.74, 6) is 0. The van der Waals surface area contributed by atoms with Gasteiger partial charge in [-0.3, -0.25) is 0 Å². The molecule has 0 rings (SSSR count). The van der Waals surface area contributed by atoms with Crippen LogP contribution in [-0.2, 0) is 9.78 Å². The Balaban J connectivity index is 3.52. The number of aliphatic hydroxyl groups is 1. The normalized spacial score (nSPS) is 13.8. The first-order valence-corrected chi connectivity index (χ1v) is 5.94. The van der Waals surface area contributed by atoms with Crippen LogP contribution in [0.15, 0.2) is 12.2 Å². The van der Waals surface area contributed by atoms with Crippen LogP contribution in [0.4, 0.5) is 0 Å². The molecule has 0 aliphatic heterocycles. The predicted octanol–water partition coefficient (Wildman–Crippen LogP) is 3.09. The molecule has 3 nitrogen and oxygen atoms in total. The van der Waals surface area contributed by atoms with E-state index >= 15 is 0 Å². The average molecular weight is 230 g/mol. The average Bonchev–Trinajstić information content (AvgIpc) is 2.21. The summed E-state index contributed by atoms with van der Waals surface area (Å²) in [5.41, 5.74) is 1.20. The molecule has 0 amide bonds. The van der Waals surface area contributed by atoms with E-state index in [4.69, 9.17) is 9.78 Å². The molecule has 1 atom stereocenters. The van der Waals surface area contributed by atoms with Gasteiger partial charge in [-0.2, -0.15) is 0 Å². The van der Waals surface area contributed by atoms with Gasteiger partial charge in [0.05, 0.1) is 6.10 Å². The van der Waals surface area contributed by atoms with Crippen LogP contribution in [0.3, 0.4) is 0 Å². The molecule has 0 fully saturated rings. The van der Waals surface area contributed by atoms with Crippen molar-refractivity contribution in [2.24, 2.45) is 5.41 Å². The maximum Gasteiger partial charge on any atom is 0.108 e. The molecular formula is C13H26O3. The number of aliphatic hydroxyl groups excluding tert-OH is 1. The summed E-state index contributed by atoms with van der Waals surface area (Å²) in [7, 11) is 0. The van der Waals surface area contributed by atoms with E-state index in [1.807, 2.05) is 6.92 Å². The number of hydrogen-bond donors (Lipinski definition) is 1. The molecule has 0 heterocycles. The second kappa shape index (κ2) is 7.82. The maximum absolute atomic E-state index is 9.65. The Morgan fingerprint density at radius 3 is 2.50 bits per heavy atom. The van der Waals surface area contributed by atoms with Gasteiger partial charge >= 0.3 is 0 Å². The molecule has 0 aromatic rings. The molecule has 0 saturated heterocycles. The lowest BCUT2D eigenvalue weighted by Crippen LogP contribution is -2.20. The van der Waals surface area contributed by atoms with Crippen molar-refractivity contribution >= 4 is 0 Å². The standard InChI is InChI=1S/C13H26O3/c1-6-13(4,5)8-7-12(14)10-16-15-9-11(2)3/h12,14H,2,6-10H2,1,3-5H3. The van der Waals surface area contributed by atoms with Crippen LogP contribution in [-0.4, -0.2) is 24.4 Å². The third-order valence-electron chi connectivity index (χ3n) is 2.76. The van der Waals surface area contributed by atoms with Crippen molar-refractivity contribution in [1.29, 1.82) is 0 Å². The van der Waals surface area contributed by atoms with Gasteiger partial charge in [-0.25, -0.2) is 9.78 Å². The van der Waals surface area contributed by atoms with Crippen molar-refractivity contribution in [3.8, 4) is 0 Å². The zero-order valence-corrected chi connectivity index (χ0v) is 11.1. The predicted molar refractivity (Wildman–Crippen MR) is 66.0 cm³/mol. The second-order valence-corrected chi connectivity index (χ2v) is 5.21. The Hall–Kier alpha value is -0.380. The van der Waals surface area contributed by atoms with E-state index in [1.54, 1.807) is 0 Å². The summed E-state index contributed by atoms with van der Waals surface area (Å²) in [5, 5.41) is 9.65. The van der Waals surface area contributed by atoms with Crippen LogP contribution in [0, 0.1) is 5.41 Å². The molecule has 3 heteroatoms. The fourth-order valence-electron chi connectivity index (χ4n) is 1.09. The highest BCUT2D eigenvalue weighted by Crippen LogP contribution is 2.26. The monoisotopic (exact) mass is 230 g/mol. The highest BCUT2D eigenvalue weighted by atomic mass is 17.2. The molecule has 0 bridgehead atoms. The van der Waals surface area contributed by atoms with Crippen LogP contribution in [0.2, 0.25) is 0 Å². The first-order valence-electron chi connectivity index (χ1n) is 5.94. The van der Waals surface area contributed by atoms with Gasteiger partial charge in [0.15, 0.2) is 0 Å². The Kier molecular flexibility index (Phi) is 7.64. The molecular weight excluding hydrogens is 204 g/mol. The van der Waals surface area contributed by atoms with Crippen molar-refractivity contribution in [3.63, 3.8) is 0 Å². The van der Waals surface area contributed by atoms with E-state index < -0.39 is 6.10 Å². The first-order chi connectivity index (χ1) is 7.37. The molecule has 96 valence electrons. The van der Waals surface area contributed by atoms with Crippen LogP contribution in [0.1, 0.15) is 47.0 Å². The lowest BCUT2D eigenvalue weighted by molar-refractivity contribution is -0.299. The van der Waals surface area contributed by atoms with Gasteiger partial charge in [-0.1, -0.05) is 39.3 Å². The fraction of sp³-hybridized carbons (Fsp3) is 0.846. The smallest absolute Gasteiger partial charge is 0.108 e. The minimum absolute atomic E-state index is 0.229. The van der Waals surface area contributed by atoms with Crippen LogP contribution >= 0.6 is 0 Å². The molecule has 0 aromatic carbocycles. The van der Waals surface area contributed by atoms with Gasteiger partial charge < -0.3 is 5.11 Å². The van der Waals surface area contributed by atoms with E-state index in [2.05, 4.69) is 27.4 Å². The Labute approximate surface area is 99.4 Å². The van der Waals surface area contributed by atoms with Crippen LogP contribution in [0.25, 0.3) is 0 Å². The summed E-state index contributed by atoms with van der Waals surface area (Å²) in [6, 6.07) is 0. The van der Waals surface area contributed by atoms with E-state index in [9.17, 15) is 5.11 Å². The fourth-order valence-corrected chi connectivity index (χ4v) is 1.09. The summed E-state index contributed by atoms with van der Waals surface area (Å²) >= 11 is 0. The van der Waals surface area contributed by atoms with Gasteiger partial charge in [0.25, 0.3) is 0 Å². The third kappa shape index (κ3) is 8.89. The molecule has 1 unspecified atom stereocenters. The van der Waals surface area contributed by atoms with Crippen molar-refractivity contribution in [3.05, 3.63) is 12.2 Å². The van der Waals surface area contributed by atoms with Gasteiger partial charge in [-0.15, -0.1) is 0 Å². The van der Waals surface area contributed by atoms with Gasteiger partial charge in [-0.05, 0) is 25.2 Å². The van der Waals surface area contributed by atoms with Gasteiger partial charge in [0.2, 0.25) is 0 Å². The topological polar surface area (TPSA) is 38.7 Å². The summed E-state index contributed by atoms with van der Waals surface area (Å²) in [6.45, 7) is 12.7. The Bertz CT molecular complexity index is 199. The molecule has 16 heavy (non-hydrogen) atoms. The highest BCUT2D eigenvalue weighted by Gasteiger charge is 2.17.